The van der Waals surface area contributed by atoms with Crippen molar-refractivity contribution in [2.45, 2.75) is 6.92 Å². The first-order chi connectivity index (χ1) is 27.1. The average Bonchev–Trinajstić information content (AvgIpc) is 3.27. The molecule has 2 aromatic heterocycles. The molecule has 0 amide bonds. The second kappa shape index (κ2) is 15.0. The highest BCUT2D eigenvalue weighted by Crippen LogP contribution is 2.35. The molecular formula is C51H36N4. The summed E-state index contributed by atoms with van der Waals surface area (Å²) in [5, 5.41) is 0. The number of hydrogen-bond acceptors (Lipinski definition) is 4. The molecule has 4 nitrogen and oxygen atoms in total. The summed E-state index contributed by atoms with van der Waals surface area (Å²) in [5.74, 6) is 1.86. The molecule has 9 aromatic rings. The van der Waals surface area contributed by atoms with Crippen LogP contribution in [0, 0.1) is 6.92 Å². The van der Waals surface area contributed by atoms with Gasteiger partial charge in [0.2, 0.25) is 0 Å². The molecule has 0 fully saturated rings. The SMILES string of the molecule is Cc1ccc(-c2cc(-c3ccc(-c4ccncc4)cc3)cc(-c3nc(-c4ccc(-c5ccccc5)cc4)nc(-c4ccc(-c5ccccc5)cc4)n3)c2)cc1. The topological polar surface area (TPSA) is 51.6 Å². The van der Waals surface area contributed by atoms with Crippen LogP contribution in [0.3, 0.4) is 0 Å². The molecule has 0 unspecified atom stereocenters. The summed E-state index contributed by atoms with van der Waals surface area (Å²) in [6.07, 6.45) is 3.65. The van der Waals surface area contributed by atoms with Crippen molar-refractivity contribution in [3.63, 3.8) is 0 Å². The lowest BCUT2D eigenvalue weighted by molar-refractivity contribution is 1.07. The van der Waals surface area contributed by atoms with Gasteiger partial charge in [0.1, 0.15) is 0 Å². The fourth-order valence-electron chi connectivity index (χ4n) is 6.88. The largest absolute Gasteiger partial charge is 0.265 e. The third-order valence-electron chi connectivity index (χ3n) is 9.94. The van der Waals surface area contributed by atoms with E-state index < -0.39 is 0 Å². The number of rotatable bonds is 8. The van der Waals surface area contributed by atoms with Gasteiger partial charge in [-0.3, -0.25) is 4.98 Å². The van der Waals surface area contributed by atoms with E-state index in [2.05, 4.69) is 176 Å². The summed E-state index contributed by atoms with van der Waals surface area (Å²) in [6.45, 7) is 2.11. The zero-order chi connectivity index (χ0) is 37.0. The molecule has 0 atom stereocenters. The molecule has 0 aliphatic carbocycles. The Morgan fingerprint density at radius 2 is 0.545 bits per heavy atom. The molecule has 0 saturated carbocycles. The third kappa shape index (κ3) is 7.35. The number of aromatic nitrogens is 4. The van der Waals surface area contributed by atoms with Gasteiger partial charge >= 0.3 is 0 Å². The Labute approximate surface area is 321 Å². The standard InChI is InChI=1S/C51H36N4/c1-35-12-14-41(15-13-35)46-32-47(42-18-16-40(17-19-42)43-28-30-52-31-29-43)34-48(33-46)51-54-49(44-24-20-38(21-25-44)36-8-4-2-5-9-36)53-50(55-51)45-26-22-39(23-27-45)37-10-6-3-7-11-37/h2-34H,1H3. The van der Waals surface area contributed by atoms with Gasteiger partial charge in [0.15, 0.2) is 17.5 Å². The third-order valence-corrected chi connectivity index (χ3v) is 9.94. The van der Waals surface area contributed by atoms with E-state index in [4.69, 9.17) is 15.0 Å². The minimum Gasteiger partial charge on any atom is -0.265 e. The Hall–Kier alpha value is -7.30. The summed E-state index contributed by atoms with van der Waals surface area (Å²) < 4.78 is 0. The van der Waals surface area contributed by atoms with E-state index >= 15 is 0 Å². The maximum atomic E-state index is 5.18. The Morgan fingerprint density at radius 3 is 0.964 bits per heavy atom. The number of aryl methyl sites for hydroxylation is 1. The molecular weight excluding hydrogens is 669 g/mol. The first-order valence-electron chi connectivity index (χ1n) is 18.4. The number of nitrogens with zero attached hydrogens (tertiary/aromatic N) is 4. The van der Waals surface area contributed by atoms with Crippen molar-refractivity contribution in [3.8, 4) is 89.8 Å². The summed E-state index contributed by atoms with van der Waals surface area (Å²) in [5.41, 5.74) is 15.3. The van der Waals surface area contributed by atoms with Crippen molar-refractivity contribution >= 4 is 0 Å². The van der Waals surface area contributed by atoms with Crippen LogP contribution in [0.5, 0.6) is 0 Å². The van der Waals surface area contributed by atoms with Crippen molar-refractivity contribution in [3.05, 3.63) is 206 Å². The molecule has 0 N–H and O–H groups in total. The van der Waals surface area contributed by atoms with Crippen LogP contribution in [0.15, 0.2) is 200 Å². The van der Waals surface area contributed by atoms with Crippen LogP contribution in [0.1, 0.15) is 5.56 Å². The summed E-state index contributed by atoms with van der Waals surface area (Å²) in [6, 6.07) is 65.8. The molecule has 4 heteroatoms. The molecule has 0 aliphatic heterocycles. The summed E-state index contributed by atoms with van der Waals surface area (Å²) in [7, 11) is 0. The Kier molecular flexibility index (Phi) is 9.13. The van der Waals surface area contributed by atoms with E-state index in [0.717, 1.165) is 61.2 Å². The van der Waals surface area contributed by atoms with E-state index in [-0.39, 0.29) is 0 Å². The zero-order valence-corrected chi connectivity index (χ0v) is 30.3. The van der Waals surface area contributed by atoms with Crippen LogP contribution in [-0.2, 0) is 0 Å². The van der Waals surface area contributed by atoms with E-state index in [9.17, 15) is 0 Å². The van der Waals surface area contributed by atoms with Gasteiger partial charge in [-0.25, -0.2) is 15.0 Å². The van der Waals surface area contributed by atoms with E-state index in [1.807, 2.05) is 36.7 Å². The predicted molar refractivity (Wildman–Crippen MR) is 226 cm³/mol. The molecule has 0 spiro atoms. The lowest BCUT2D eigenvalue weighted by Crippen LogP contribution is -2.00. The molecule has 55 heavy (non-hydrogen) atoms. The minimum atomic E-state index is 0.614. The second-order valence-corrected chi connectivity index (χ2v) is 13.7. The number of benzene rings is 7. The highest BCUT2D eigenvalue weighted by molar-refractivity contribution is 5.82. The van der Waals surface area contributed by atoms with Gasteiger partial charge in [-0.2, -0.15) is 0 Å². The van der Waals surface area contributed by atoms with Gasteiger partial charge in [-0.15, -0.1) is 0 Å². The monoisotopic (exact) mass is 704 g/mol. The van der Waals surface area contributed by atoms with Crippen LogP contribution < -0.4 is 0 Å². The lowest BCUT2D eigenvalue weighted by atomic mass is 9.94. The van der Waals surface area contributed by atoms with Crippen molar-refractivity contribution in [1.29, 1.82) is 0 Å². The van der Waals surface area contributed by atoms with Crippen molar-refractivity contribution in [1.82, 2.24) is 19.9 Å². The van der Waals surface area contributed by atoms with E-state index in [1.54, 1.807) is 0 Å². The van der Waals surface area contributed by atoms with Crippen LogP contribution in [0.4, 0.5) is 0 Å². The highest BCUT2D eigenvalue weighted by atomic mass is 15.0. The smallest absolute Gasteiger partial charge is 0.164 e. The zero-order valence-electron chi connectivity index (χ0n) is 30.3. The van der Waals surface area contributed by atoms with Crippen molar-refractivity contribution in [2.75, 3.05) is 0 Å². The maximum absolute atomic E-state index is 5.18. The van der Waals surface area contributed by atoms with Crippen LogP contribution in [-0.4, -0.2) is 19.9 Å². The Morgan fingerprint density at radius 1 is 0.255 bits per heavy atom. The molecule has 0 aliphatic rings. The van der Waals surface area contributed by atoms with Crippen molar-refractivity contribution in [2.24, 2.45) is 0 Å². The molecule has 2 heterocycles. The van der Waals surface area contributed by atoms with Gasteiger partial charge in [0, 0.05) is 29.1 Å². The molecule has 260 valence electrons. The van der Waals surface area contributed by atoms with Crippen LogP contribution in [0.2, 0.25) is 0 Å². The van der Waals surface area contributed by atoms with Gasteiger partial charge in [0.25, 0.3) is 0 Å². The molecule has 0 bridgehead atoms. The van der Waals surface area contributed by atoms with Crippen LogP contribution >= 0.6 is 0 Å². The summed E-state index contributed by atoms with van der Waals surface area (Å²) in [4.78, 5) is 19.6. The van der Waals surface area contributed by atoms with Gasteiger partial charge in [-0.1, -0.05) is 163 Å². The Bertz CT molecular complexity index is 2590. The second-order valence-electron chi connectivity index (χ2n) is 13.7. The van der Waals surface area contributed by atoms with E-state index in [0.29, 0.717) is 17.5 Å². The Balaban J connectivity index is 1.18. The normalized spacial score (nSPS) is 11.0. The molecule has 9 rings (SSSR count). The highest BCUT2D eigenvalue weighted by Gasteiger charge is 2.16. The average molecular weight is 705 g/mol. The number of hydrogen-bond donors (Lipinski definition) is 0. The van der Waals surface area contributed by atoms with Gasteiger partial charge < -0.3 is 0 Å². The van der Waals surface area contributed by atoms with E-state index in [1.165, 1.54) is 16.7 Å². The predicted octanol–water partition coefficient (Wildman–Crippen LogP) is 12.9. The first-order valence-corrected chi connectivity index (χ1v) is 18.4. The van der Waals surface area contributed by atoms with Gasteiger partial charge in [-0.05, 0) is 92.9 Å². The molecule has 0 saturated heterocycles. The van der Waals surface area contributed by atoms with Crippen molar-refractivity contribution < 1.29 is 0 Å². The fourth-order valence-corrected chi connectivity index (χ4v) is 6.88. The summed E-state index contributed by atoms with van der Waals surface area (Å²) >= 11 is 0. The van der Waals surface area contributed by atoms with Gasteiger partial charge in [0.05, 0.1) is 0 Å². The maximum Gasteiger partial charge on any atom is 0.164 e. The quantitative estimate of drug-likeness (QED) is 0.158. The lowest BCUT2D eigenvalue weighted by Gasteiger charge is -2.13. The molecule has 7 aromatic carbocycles. The minimum absolute atomic E-state index is 0.614. The number of pyridine rings is 1. The first kappa shape index (κ1) is 33.5. The fraction of sp³-hybridized carbons (Fsp3) is 0.0196. The molecule has 0 radical (unpaired) electrons. The van der Waals surface area contributed by atoms with Crippen LogP contribution in [0.25, 0.3) is 89.8 Å².